The summed E-state index contributed by atoms with van der Waals surface area (Å²) < 4.78 is 5.15. The second-order valence-electron chi connectivity index (χ2n) is 3.38. The third kappa shape index (κ3) is 2.81. The summed E-state index contributed by atoms with van der Waals surface area (Å²) in [5, 5.41) is 11.1. The largest absolute Gasteiger partial charge is 0.436 e. The van der Waals surface area contributed by atoms with Gasteiger partial charge in [0.2, 0.25) is 5.76 Å². The van der Waals surface area contributed by atoms with E-state index in [4.69, 9.17) is 9.68 Å². The maximum Gasteiger partial charge on any atom is 0.289 e. The molecule has 0 aliphatic carbocycles. The van der Waals surface area contributed by atoms with Gasteiger partial charge in [-0.2, -0.15) is 5.26 Å². The molecule has 5 heteroatoms. The van der Waals surface area contributed by atoms with Gasteiger partial charge in [0.05, 0.1) is 18.2 Å². The molecular formula is C10H13N3O2. The Morgan fingerprint density at radius 1 is 1.67 bits per heavy atom. The number of rotatable bonds is 3. The third-order valence-corrected chi connectivity index (χ3v) is 1.88. The smallest absolute Gasteiger partial charge is 0.289 e. The molecule has 0 aliphatic heterocycles. The van der Waals surface area contributed by atoms with E-state index >= 15 is 0 Å². The molecule has 1 amide bonds. The number of hydrogen-bond acceptors (Lipinski definition) is 4. The van der Waals surface area contributed by atoms with Gasteiger partial charge in [-0.3, -0.25) is 4.79 Å². The quantitative estimate of drug-likeness (QED) is 0.810. The van der Waals surface area contributed by atoms with E-state index in [0.29, 0.717) is 11.6 Å². The topological polar surface area (TPSA) is 78.9 Å². The fraction of sp³-hybridized carbons (Fsp3) is 0.500. The molecule has 15 heavy (non-hydrogen) atoms. The average Bonchev–Trinajstić information content (AvgIpc) is 2.45. The van der Waals surface area contributed by atoms with Crippen LogP contribution in [-0.2, 0) is 0 Å². The second kappa shape index (κ2) is 4.60. The fourth-order valence-electron chi connectivity index (χ4n) is 1.22. The molecule has 0 aliphatic rings. The van der Waals surface area contributed by atoms with Crippen LogP contribution in [0.1, 0.15) is 35.5 Å². The highest BCUT2D eigenvalue weighted by Gasteiger charge is 2.17. The first-order chi connectivity index (χ1) is 7.04. The second-order valence-corrected chi connectivity index (χ2v) is 3.38. The van der Waals surface area contributed by atoms with E-state index in [0.717, 1.165) is 0 Å². The van der Waals surface area contributed by atoms with Crippen molar-refractivity contribution >= 4 is 5.91 Å². The van der Waals surface area contributed by atoms with Crippen LogP contribution in [0.15, 0.2) is 4.42 Å². The lowest BCUT2D eigenvalue weighted by Crippen LogP contribution is -2.32. The minimum absolute atomic E-state index is 0.188. The maximum absolute atomic E-state index is 11.6. The number of carbonyl (C=O) groups is 1. The van der Waals surface area contributed by atoms with Crippen LogP contribution in [0, 0.1) is 25.2 Å². The minimum atomic E-state index is -0.323. The number of carbonyl (C=O) groups excluding carboxylic acids is 1. The predicted octanol–water partition coefficient (Wildman–Crippen LogP) is 1.32. The van der Waals surface area contributed by atoms with Crippen LogP contribution < -0.4 is 5.32 Å². The van der Waals surface area contributed by atoms with E-state index in [1.165, 1.54) is 0 Å². The number of hydrogen-bond donors (Lipinski definition) is 1. The SMILES string of the molecule is Cc1nc(C)c(C(=O)NC(C)CC#N)o1. The summed E-state index contributed by atoms with van der Waals surface area (Å²) in [6.07, 6.45) is 0.276. The molecule has 1 N–H and O–H groups in total. The molecule has 1 unspecified atom stereocenters. The van der Waals surface area contributed by atoms with Crippen molar-refractivity contribution in [3.05, 3.63) is 17.3 Å². The summed E-state index contributed by atoms with van der Waals surface area (Å²) in [5.41, 5.74) is 0.564. The van der Waals surface area contributed by atoms with Crippen molar-refractivity contribution in [1.82, 2.24) is 10.3 Å². The van der Waals surface area contributed by atoms with Crippen molar-refractivity contribution in [2.24, 2.45) is 0 Å². The predicted molar refractivity (Wildman–Crippen MR) is 53.1 cm³/mol. The van der Waals surface area contributed by atoms with Crippen molar-refractivity contribution in [2.75, 3.05) is 0 Å². The number of amides is 1. The van der Waals surface area contributed by atoms with Crippen molar-refractivity contribution in [3.63, 3.8) is 0 Å². The van der Waals surface area contributed by atoms with Crippen LogP contribution in [-0.4, -0.2) is 16.9 Å². The number of nitrogens with one attached hydrogen (secondary N) is 1. The number of aromatic nitrogens is 1. The van der Waals surface area contributed by atoms with E-state index < -0.39 is 0 Å². The summed E-state index contributed by atoms with van der Waals surface area (Å²) in [6, 6.07) is 1.80. The van der Waals surface area contributed by atoms with Crippen molar-refractivity contribution in [3.8, 4) is 6.07 Å². The monoisotopic (exact) mass is 207 g/mol. The Morgan fingerprint density at radius 2 is 2.33 bits per heavy atom. The first-order valence-electron chi connectivity index (χ1n) is 4.66. The van der Waals surface area contributed by atoms with E-state index in [1.54, 1.807) is 20.8 Å². The van der Waals surface area contributed by atoms with Gasteiger partial charge in [0.15, 0.2) is 5.89 Å². The summed E-state index contributed by atoms with van der Waals surface area (Å²) in [7, 11) is 0. The molecule has 0 fully saturated rings. The highest BCUT2D eigenvalue weighted by atomic mass is 16.4. The van der Waals surface area contributed by atoms with Crippen LogP contribution in [0.3, 0.4) is 0 Å². The van der Waals surface area contributed by atoms with Crippen molar-refractivity contribution in [2.45, 2.75) is 33.2 Å². The Morgan fingerprint density at radius 3 is 2.80 bits per heavy atom. The number of nitriles is 1. The molecule has 0 saturated heterocycles. The Kier molecular flexibility index (Phi) is 3.45. The molecule has 0 saturated carbocycles. The highest BCUT2D eigenvalue weighted by Crippen LogP contribution is 2.09. The highest BCUT2D eigenvalue weighted by molar-refractivity contribution is 5.92. The lowest BCUT2D eigenvalue weighted by molar-refractivity contribution is 0.0910. The first-order valence-corrected chi connectivity index (χ1v) is 4.66. The van der Waals surface area contributed by atoms with Crippen molar-refractivity contribution in [1.29, 1.82) is 5.26 Å². The first kappa shape index (κ1) is 11.2. The Balaban J connectivity index is 2.70. The Labute approximate surface area is 88.1 Å². The molecular weight excluding hydrogens is 194 g/mol. The number of nitrogens with zero attached hydrogens (tertiary/aromatic N) is 2. The third-order valence-electron chi connectivity index (χ3n) is 1.88. The molecule has 1 aromatic rings. The molecule has 0 radical (unpaired) electrons. The van der Waals surface area contributed by atoms with Crippen molar-refractivity contribution < 1.29 is 9.21 Å². The van der Waals surface area contributed by atoms with Gasteiger partial charge >= 0.3 is 0 Å². The lowest BCUT2D eigenvalue weighted by Gasteiger charge is -2.08. The molecule has 0 spiro atoms. The molecule has 0 bridgehead atoms. The van der Waals surface area contributed by atoms with E-state index in [9.17, 15) is 4.79 Å². The van der Waals surface area contributed by atoms with Crippen LogP contribution in [0.4, 0.5) is 0 Å². The van der Waals surface area contributed by atoms with Gasteiger partial charge in [0.25, 0.3) is 5.91 Å². The zero-order chi connectivity index (χ0) is 11.4. The van der Waals surface area contributed by atoms with Crippen LogP contribution in [0.5, 0.6) is 0 Å². The van der Waals surface area contributed by atoms with Gasteiger partial charge in [-0.15, -0.1) is 0 Å². The van der Waals surface area contributed by atoms with Gasteiger partial charge < -0.3 is 9.73 Å². The number of oxazole rings is 1. The molecule has 1 rings (SSSR count). The molecule has 5 nitrogen and oxygen atoms in total. The van der Waals surface area contributed by atoms with E-state index in [-0.39, 0.29) is 24.1 Å². The molecule has 0 aromatic carbocycles. The van der Waals surface area contributed by atoms with Gasteiger partial charge in [-0.1, -0.05) is 0 Å². The van der Waals surface area contributed by atoms with E-state index in [2.05, 4.69) is 10.3 Å². The normalized spacial score (nSPS) is 11.9. The number of aryl methyl sites for hydroxylation is 2. The van der Waals surface area contributed by atoms with Gasteiger partial charge in [-0.25, -0.2) is 4.98 Å². The summed E-state index contributed by atoms with van der Waals surface area (Å²) in [4.78, 5) is 15.6. The van der Waals surface area contributed by atoms with Crippen LogP contribution >= 0.6 is 0 Å². The van der Waals surface area contributed by atoms with Crippen LogP contribution in [0.2, 0.25) is 0 Å². The lowest BCUT2D eigenvalue weighted by atomic mass is 10.2. The minimum Gasteiger partial charge on any atom is -0.436 e. The summed E-state index contributed by atoms with van der Waals surface area (Å²) >= 11 is 0. The summed E-state index contributed by atoms with van der Waals surface area (Å²) in [5.74, 6) is 0.360. The molecule has 1 heterocycles. The fourth-order valence-corrected chi connectivity index (χ4v) is 1.22. The molecule has 1 aromatic heterocycles. The van der Waals surface area contributed by atoms with Gasteiger partial charge in [0, 0.05) is 13.0 Å². The Bertz CT molecular complexity index is 403. The van der Waals surface area contributed by atoms with Gasteiger partial charge in [-0.05, 0) is 13.8 Å². The summed E-state index contributed by atoms with van der Waals surface area (Å²) in [6.45, 7) is 5.16. The van der Waals surface area contributed by atoms with Gasteiger partial charge in [0.1, 0.15) is 0 Å². The van der Waals surface area contributed by atoms with E-state index in [1.807, 2.05) is 6.07 Å². The Hall–Kier alpha value is -1.83. The molecule has 1 atom stereocenters. The standard InChI is InChI=1S/C10H13N3O2/c1-6(4-5-11)12-10(14)9-7(2)13-8(3)15-9/h6H,4H2,1-3H3,(H,12,14). The maximum atomic E-state index is 11.6. The van der Waals surface area contributed by atoms with Crippen LogP contribution in [0.25, 0.3) is 0 Å². The molecule has 80 valence electrons. The zero-order valence-electron chi connectivity index (χ0n) is 9.00. The average molecular weight is 207 g/mol. The zero-order valence-corrected chi connectivity index (χ0v) is 9.00.